The Morgan fingerprint density at radius 1 is 1.09 bits per heavy atom. The van der Waals surface area contributed by atoms with Gasteiger partial charge in [0.05, 0.1) is 26.7 Å². The first-order chi connectivity index (χ1) is 16.9. The Morgan fingerprint density at radius 2 is 1.86 bits per heavy atom. The van der Waals surface area contributed by atoms with Gasteiger partial charge in [-0.15, -0.1) is 0 Å². The van der Waals surface area contributed by atoms with Crippen molar-refractivity contribution < 1.29 is 18.8 Å². The van der Waals surface area contributed by atoms with Gasteiger partial charge in [-0.1, -0.05) is 35.9 Å². The molecule has 5 rings (SSSR count). The summed E-state index contributed by atoms with van der Waals surface area (Å²) in [7, 11) is 0. The van der Waals surface area contributed by atoms with E-state index in [4.69, 9.17) is 21.3 Å². The molecule has 8 heteroatoms. The number of ether oxygens (including phenoxy) is 1. The Balaban J connectivity index is 1.52. The molecule has 0 unspecified atom stereocenters. The van der Waals surface area contributed by atoms with Crippen molar-refractivity contribution in [1.82, 2.24) is 4.98 Å². The van der Waals surface area contributed by atoms with Crippen molar-refractivity contribution in [2.45, 2.75) is 19.4 Å². The second-order valence-electron chi connectivity index (χ2n) is 8.14. The molecule has 0 saturated carbocycles. The van der Waals surface area contributed by atoms with Gasteiger partial charge in [0.15, 0.2) is 0 Å². The van der Waals surface area contributed by atoms with Crippen molar-refractivity contribution in [2.75, 3.05) is 0 Å². The number of hydrogen-bond acceptors (Lipinski definition) is 5. The molecule has 3 aromatic carbocycles. The van der Waals surface area contributed by atoms with Crippen LogP contribution in [-0.2, 0) is 17.8 Å². The number of nitro benzene ring substituents is 1. The third-order valence-corrected chi connectivity index (χ3v) is 6.31. The molecular formula is C27H18ClFN2O4. The van der Waals surface area contributed by atoms with Crippen LogP contribution in [-0.4, -0.2) is 15.9 Å². The summed E-state index contributed by atoms with van der Waals surface area (Å²) >= 11 is 6.22. The average molecular weight is 489 g/mol. The highest BCUT2D eigenvalue weighted by Crippen LogP contribution is 2.39. The van der Waals surface area contributed by atoms with Gasteiger partial charge in [-0.05, 0) is 65.9 Å². The summed E-state index contributed by atoms with van der Waals surface area (Å²) in [5.74, 6) is -0.939. The Hall–Kier alpha value is -4.10. The number of nitro groups is 1. The van der Waals surface area contributed by atoms with Crippen molar-refractivity contribution in [3.8, 4) is 0 Å². The van der Waals surface area contributed by atoms with Gasteiger partial charge < -0.3 is 4.74 Å². The van der Waals surface area contributed by atoms with Crippen LogP contribution >= 0.6 is 11.6 Å². The topological polar surface area (TPSA) is 82.3 Å². The first kappa shape index (κ1) is 22.7. The fourth-order valence-corrected chi connectivity index (χ4v) is 4.49. The van der Waals surface area contributed by atoms with Crippen LogP contribution in [0.15, 0.2) is 66.7 Å². The molecule has 6 nitrogen and oxygen atoms in total. The molecule has 1 aromatic heterocycles. The molecule has 1 heterocycles. The summed E-state index contributed by atoms with van der Waals surface area (Å²) < 4.78 is 20.0. The van der Waals surface area contributed by atoms with Crippen molar-refractivity contribution >= 4 is 45.8 Å². The number of pyridine rings is 1. The zero-order valence-corrected chi connectivity index (χ0v) is 19.1. The van der Waals surface area contributed by atoms with Crippen LogP contribution in [0.25, 0.3) is 22.6 Å². The maximum Gasteiger partial charge on any atom is 0.339 e. The Bertz CT molecular complexity index is 1500. The van der Waals surface area contributed by atoms with E-state index in [1.165, 1.54) is 18.2 Å². The lowest BCUT2D eigenvalue weighted by molar-refractivity contribution is -0.384. The lowest BCUT2D eigenvalue weighted by Gasteiger charge is -2.12. The number of fused-ring (bicyclic) bond motifs is 2. The molecular weight excluding hydrogens is 471 g/mol. The molecule has 174 valence electrons. The Morgan fingerprint density at radius 3 is 2.60 bits per heavy atom. The zero-order chi connectivity index (χ0) is 24.5. The molecule has 0 spiro atoms. The Kier molecular flexibility index (Phi) is 6.01. The standard InChI is InChI=1S/C27H18ClFN2O4/c28-22-5-3-6-23(29)21(22)14-17-10-13-20-25(19-4-1-2-7-24(19)30-26(17)20)27(32)35-15-16-8-11-18(12-9-16)31(33)34/h1-9,11-12,14H,10,13,15H2. The fraction of sp³-hybridized carbons (Fsp3) is 0.111. The second-order valence-corrected chi connectivity index (χ2v) is 8.54. The minimum absolute atomic E-state index is 0.0320. The molecule has 4 aromatic rings. The van der Waals surface area contributed by atoms with E-state index in [-0.39, 0.29) is 17.9 Å². The lowest BCUT2D eigenvalue weighted by Crippen LogP contribution is -2.10. The van der Waals surface area contributed by atoms with E-state index in [9.17, 15) is 19.3 Å². The lowest BCUT2D eigenvalue weighted by atomic mass is 10.0. The molecule has 0 bridgehead atoms. The highest BCUT2D eigenvalue weighted by atomic mass is 35.5. The third-order valence-electron chi connectivity index (χ3n) is 5.98. The predicted molar refractivity (Wildman–Crippen MR) is 132 cm³/mol. The summed E-state index contributed by atoms with van der Waals surface area (Å²) in [5, 5.41) is 11.8. The molecule has 1 aliphatic rings. The van der Waals surface area contributed by atoms with Crippen LogP contribution in [0.4, 0.5) is 10.1 Å². The summed E-state index contributed by atoms with van der Waals surface area (Å²) in [5.41, 5.74) is 4.11. The van der Waals surface area contributed by atoms with E-state index in [0.29, 0.717) is 45.6 Å². The number of esters is 1. The van der Waals surface area contributed by atoms with E-state index in [1.54, 1.807) is 30.3 Å². The minimum atomic E-state index is -0.511. The number of halogens is 2. The van der Waals surface area contributed by atoms with Gasteiger partial charge in [0, 0.05) is 23.1 Å². The zero-order valence-electron chi connectivity index (χ0n) is 18.3. The van der Waals surface area contributed by atoms with Crippen molar-refractivity contribution in [2.24, 2.45) is 0 Å². The monoisotopic (exact) mass is 488 g/mol. The molecule has 0 saturated heterocycles. The molecule has 0 aliphatic heterocycles. The Labute approximate surface area is 204 Å². The van der Waals surface area contributed by atoms with Gasteiger partial charge in [0.1, 0.15) is 12.4 Å². The maximum absolute atomic E-state index is 14.4. The molecule has 0 N–H and O–H groups in total. The smallest absolute Gasteiger partial charge is 0.339 e. The van der Waals surface area contributed by atoms with Crippen LogP contribution in [0.5, 0.6) is 0 Å². The maximum atomic E-state index is 14.4. The predicted octanol–water partition coefficient (Wildman–Crippen LogP) is 6.78. The van der Waals surface area contributed by atoms with Crippen molar-refractivity contribution in [1.29, 1.82) is 0 Å². The van der Waals surface area contributed by atoms with E-state index in [0.717, 1.165) is 11.1 Å². The van der Waals surface area contributed by atoms with Gasteiger partial charge in [0.2, 0.25) is 0 Å². The largest absolute Gasteiger partial charge is 0.457 e. The van der Waals surface area contributed by atoms with E-state index < -0.39 is 16.7 Å². The molecule has 0 atom stereocenters. The SMILES string of the molecule is O=C(OCc1ccc([N+](=O)[O-])cc1)c1c2c(nc3ccccc13)C(=Cc1c(F)cccc1Cl)CC2. The van der Waals surface area contributed by atoms with Gasteiger partial charge >= 0.3 is 5.97 Å². The molecule has 0 fully saturated rings. The number of aromatic nitrogens is 1. The van der Waals surface area contributed by atoms with E-state index >= 15 is 0 Å². The fourth-order valence-electron chi connectivity index (χ4n) is 4.27. The normalized spacial score (nSPS) is 13.7. The first-order valence-corrected chi connectivity index (χ1v) is 11.3. The van der Waals surface area contributed by atoms with Crippen LogP contribution in [0.1, 0.15) is 39.2 Å². The number of hydrogen-bond donors (Lipinski definition) is 0. The number of allylic oxidation sites excluding steroid dienone is 1. The van der Waals surface area contributed by atoms with Crippen LogP contribution < -0.4 is 0 Å². The van der Waals surface area contributed by atoms with Crippen LogP contribution in [0.2, 0.25) is 5.02 Å². The molecule has 0 amide bonds. The number of carbonyl (C=O) groups excluding carboxylic acids is 1. The van der Waals surface area contributed by atoms with Gasteiger partial charge in [-0.25, -0.2) is 14.2 Å². The average Bonchev–Trinajstić information content (AvgIpc) is 3.25. The second kappa shape index (κ2) is 9.27. The van der Waals surface area contributed by atoms with E-state index in [2.05, 4.69) is 0 Å². The molecule has 35 heavy (non-hydrogen) atoms. The van der Waals surface area contributed by atoms with Crippen molar-refractivity contribution in [3.63, 3.8) is 0 Å². The number of carbonyl (C=O) groups is 1. The number of para-hydroxylation sites is 1. The first-order valence-electron chi connectivity index (χ1n) is 10.9. The summed E-state index contributed by atoms with van der Waals surface area (Å²) in [4.78, 5) is 28.4. The minimum Gasteiger partial charge on any atom is -0.457 e. The van der Waals surface area contributed by atoms with E-state index in [1.807, 2.05) is 24.3 Å². The number of benzene rings is 3. The highest BCUT2D eigenvalue weighted by molar-refractivity contribution is 6.32. The highest BCUT2D eigenvalue weighted by Gasteiger charge is 2.28. The third kappa shape index (κ3) is 4.38. The number of non-ortho nitro benzene ring substituents is 1. The van der Waals surface area contributed by atoms with Crippen LogP contribution in [0, 0.1) is 15.9 Å². The summed E-state index contributed by atoms with van der Waals surface area (Å²) in [6, 6.07) is 17.7. The van der Waals surface area contributed by atoms with Crippen molar-refractivity contribution in [3.05, 3.63) is 116 Å². The quantitative estimate of drug-likeness (QED) is 0.176. The molecule has 1 aliphatic carbocycles. The van der Waals surface area contributed by atoms with Gasteiger partial charge in [-0.2, -0.15) is 0 Å². The number of rotatable bonds is 5. The van der Waals surface area contributed by atoms with Gasteiger partial charge in [-0.3, -0.25) is 10.1 Å². The summed E-state index contributed by atoms with van der Waals surface area (Å²) in [6.07, 6.45) is 2.82. The van der Waals surface area contributed by atoms with Gasteiger partial charge in [0.25, 0.3) is 5.69 Å². The van der Waals surface area contributed by atoms with Crippen LogP contribution in [0.3, 0.4) is 0 Å². The molecule has 0 radical (unpaired) electrons. The number of nitrogens with zero attached hydrogens (tertiary/aromatic N) is 2. The summed E-state index contributed by atoms with van der Waals surface area (Å²) in [6.45, 7) is -0.0320.